The van der Waals surface area contributed by atoms with Crippen LogP contribution in [-0.4, -0.2) is 24.3 Å². The van der Waals surface area contributed by atoms with Crippen molar-refractivity contribution in [1.29, 1.82) is 0 Å². The molecule has 0 bridgehead atoms. The number of carbonyl (C=O) groups excluding carboxylic acids is 1. The summed E-state index contributed by atoms with van der Waals surface area (Å²) in [5.41, 5.74) is -1.87. The zero-order valence-electron chi connectivity index (χ0n) is 10.2. The van der Waals surface area contributed by atoms with Crippen molar-refractivity contribution in [3.63, 3.8) is 0 Å². The molecule has 0 amide bonds. The molecule has 0 aliphatic carbocycles. The first-order valence-corrected chi connectivity index (χ1v) is 5.45. The summed E-state index contributed by atoms with van der Waals surface area (Å²) in [4.78, 5) is 11.3. The van der Waals surface area contributed by atoms with E-state index < -0.39 is 23.7 Å². The fraction of sp³-hybridized carbons (Fsp3) is 0.462. The Balaban J connectivity index is 3.19. The van der Waals surface area contributed by atoms with E-state index in [1.165, 1.54) is 0 Å². The summed E-state index contributed by atoms with van der Waals surface area (Å²) in [7, 11) is 1.12. The van der Waals surface area contributed by atoms with Crippen LogP contribution in [0.2, 0.25) is 0 Å². The molecule has 1 aromatic carbocycles. The molecule has 0 unspecified atom stereocenters. The minimum atomic E-state index is -2.14. The van der Waals surface area contributed by atoms with E-state index in [2.05, 4.69) is 4.74 Å². The van der Waals surface area contributed by atoms with Crippen LogP contribution >= 0.6 is 0 Å². The fourth-order valence-corrected chi connectivity index (χ4v) is 1.78. The second-order valence-electron chi connectivity index (χ2n) is 4.21. The van der Waals surface area contributed by atoms with E-state index in [9.17, 15) is 14.3 Å². The van der Waals surface area contributed by atoms with Crippen molar-refractivity contribution in [3.8, 4) is 0 Å². The monoisotopic (exact) mass is 240 g/mol. The lowest BCUT2D eigenvalue weighted by Crippen LogP contribution is -2.45. The van der Waals surface area contributed by atoms with Gasteiger partial charge < -0.3 is 9.84 Å². The number of alkyl halides is 1. The molecular weight excluding hydrogens is 223 g/mol. The van der Waals surface area contributed by atoms with Crippen molar-refractivity contribution in [2.45, 2.75) is 25.6 Å². The number of ether oxygens (including phenoxy) is 1. The van der Waals surface area contributed by atoms with Crippen molar-refractivity contribution in [2.24, 2.45) is 5.92 Å². The third kappa shape index (κ3) is 2.47. The van der Waals surface area contributed by atoms with Gasteiger partial charge >= 0.3 is 5.97 Å². The predicted octanol–water partition coefficient (Wildman–Crippen LogP) is 2.04. The molecule has 0 radical (unpaired) electrons. The topological polar surface area (TPSA) is 46.5 Å². The molecule has 0 saturated heterocycles. The third-order valence-corrected chi connectivity index (χ3v) is 2.88. The molecule has 3 nitrogen and oxygen atoms in total. The Bertz CT molecular complexity index is 378. The van der Waals surface area contributed by atoms with Gasteiger partial charge in [0, 0.05) is 0 Å². The summed E-state index contributed by atoms with van der Waals surface area (Å²) in [6.45, 7) is 3.22. The number of hydrogen-bond donors (Lipinski definition) is 1. The van der Waals surface area contributed by atoms with E-state index in [1.807, 2.05) is 0 Å². The van der Waals surface area contributed by atoms with E-state index in [-0.39, 0.29) is 5.56 Å². The van der Waals surface area contributed by atoms with Crippen molar-refractivity contribution in [3.05, 3.63) is 35.9 Å². The van der Waals surface area contributed by atoms with Gasteiger partial charge in [0.1, 0.15) is 0 Å². The summed E-state index contributed by atoms with van der Waals surface area (Å²) < 4.78 is 19.3. The van der Waals surface area contributed by atoms with E-state index >= 15 is 0 Å². The number of aliphatic hydroxyl groups excluding tert-OH is 1. The van der Waals surface area contributed by atoms with Gasteiger partial charge in [-0.05, 0) is 11.5 Å². The van der Waals surface area contributed by atoms with Gasteiger partial charge in [-0.15, -0.1) is 0 Å². The SMILES string of the molecule is COC(=O)[C@H](O)[C@@](F)(c1ccccc1)C(C)C. The van der Waals surface area contributed by atoms with Gasteiger partial charge in [-0.3, -0.25) is 0 Å². The zero-order valence-corrected chi connectivity index (χ0v) is 10.2. The number of rotatable bonds is 4. The first-order valence-electron chi connectivity index (χ1n) is 5.45. The minimum Gasteiger partial charge on any atom is -0.467 e. The molecule has 4 heteroatoms. The predicted molar refractivity (Wildman–Crippen MR) is 62.1 cm³/mol. The fourth-order valence-electron chi connectivity index (χ4n) is 1.78. The maximum atomic E-state index is 14.9. The molecule has 0 heterocycles. The van der Waals surface area contributed by atoms with Crippen LogP contribution in [0.15, 0.2) is 30.3 Å². The average molecular weight is 240 g/mol. The minimum absolute atomic E-state index is 0.271. The number of aliphatic hydroxyl groups is 1. The molecule has 1 rings (SSSR count). The maximum Gasteiger partial charge on any atom is 0.338 e. The maximum absolute atomic E-state index is 14.9. The van der Waals surface area contributed by atoms with Gasteiger partial charge in [-0.25, -0.2) is 9.18 Å². The molecule has 0 spiro atoms. The molecule has 1 aromatic rings. The Morgan fingerprint density at radius 2 is 1.88 bits per heavy atom. The first kappa shape index (κ1) is 13.6. The molecule has 0 aliphatic rings. The molecule has 0 saturated carbocycles. The highest BCUT2D eigenvalue weighted by molar-refractivity contribution is 5.76. The molecule has 0 aliphatic heterocycles. The zero-order chi connectivity index (χ0) is 13.1. The van der Waals surface area contributed by atoms with Crippen LogP contribution in [0.3, 0.4) is 0 Å². The van der Waals surface area contributed by atoms with Crippen LogP contribution in [0.5, 0.6) is 0 Å². The Morgan fingerprint density at radius 3 is 2.29 bits per heavy atom. The lowest BCUT2D eigenvalue weighted by atomic mass is 9.80. The molecule has 94 valence electrons. The normalized spacial score (nSPS) is 16.4. The smallest absolute Gasteiger partial charge is 0.338 e. The number of halogens is 1. The largest absolute Gasteiger partial charge is 0.467 e. The van der Waals surface area contributed by atoms with Crippen molar-refractivity contribution in [1.82, 2.24) is 0 Å². The van der Waals surface area contributed by atoms with E-state index in [0.717, 1.165) is 7.11 Å². The Kier molecular flexibility index (Phi) is 4.23. The van der Waals surface area contributed by atoms with Crippen molar-refractivity contribution in [2.75, 3.05) is 7.11 Å². The highest BCUT2D eigenvalue weighted by atomic mass is 19.1. The van der Waals surface area contributed by atoms with Gasteiger partial charge in [0.15, 0.2) is 11.8 Å². The number of hydrogen-bond acceptors (Lipinski definition) is 3. The van der Waals surface area contributed by atoms with Gasteiger partial charge in [-0.1, -0.05) is 44.2 Å². The van der Waals surface area contributed by atoms with Gasteiger partial charge in [0.05, 0.1) is 7.11 Å². The third-order valence-electron chi connectivity index (χ3n) is 2.88. The Hall–Kier alpha value is -1.42. The summed E-state index contributed by atoms with van der Waals surface area (Å²) in [6, 6.07) is 8.17. The van der Waals surface area contributed by atoms with Crippen LogP contribution < -0.4 is 0 Å². The van der Waals surface area contributed by atoms with E-state index in [0.29, 0.717) is 0 Å². The lowest BCUT2D eigenvalue weighted by Gasteiger charge is -2.32. The van der Waals surface area contributed by atoms with Crippen LogP contribution in [0.25, 0.3) is 0 Å². The number of esters is 1. The van der Waals surface area contributed by atoms with Crippen LogP contribution in [0, 0.1) is 5.92 Å². The number of carbonyl (C=O) groups is 1. The summed E-state index contributed by atoms with van der Waals surface area (Å²) >= 11 is 0. The Labute approximate surface area is 100 Å². The average Bonchev–Trinajstić information content (AvgIpc) is 2.36. The van der Waals surface area contributed by atoms with Gasteiger partial charge in [-0.2, -0.15) is 0 Å². The first-order chi connectivity index (χ1) is 7.94. The molecule has 2 atom stereocenters. The van der Waals surface area contributed by atoms with Gasteiger partial charge in [0.2, 0.25) is 0 Å². The quantitative estimate of drug-likeness (QED) is 0.819. The van der Waals surface area contributed by atoms with E-state index in [4.69, 9.17) is 0 Å². The van der Waals surface area contributed by atoms with Crippen molar-refractivity contribution >= 4 is 5.97 Å². The molecular formula is C13H17FO3. The van der Waals surface area contributed by atoms with Crippen LogP contribution in [-0.2, 0) is 15.2 Å². The highest BCUT2D eigenvalue weighted by Gasteiger charge is 2.47. The molecule has 1 N–H and O–H groups in total. The molecule has 0 aromatic heterocycles. The summed E-state index contributed by atoms with van der Waals surface area (Å²) in [5.74, 6) is -1.52. The summed E-state index contributed by atoms with van der Waals surface area (Å²) in [5, 5.41) is 9.81. The van der Waals surface area contributed by atoms with Crippen molar-refractivity contribution < 1.29 is 19.0 Å². The van der Waals surface area contributed by atoms with E-state index in [1.54, 1.807) is 44.2 Å². The van der Waals surface area contributed by atoms with Gasteiger partial charge in [0.25, 0.3) is 0 Å². The lowest BCUT2D eigenvalue weighted by molar-refractivity contribution is -0.164. The second-order valence-corrected chi connectivity index (χ2v) is 4.21. The van der Waals surface area contributed by atoms with Crippen LogP contribution in [0.4, 0.5) is 4.39 Å². The number of methoxy groups -OCH3 is 1. The van der Waals surface area contributed by atoms with Crippen LogP contribution in [0.1, 0.15) is 19.4 Å². The standard InChI is InChI=1S/C13H17FO3/c1-9(2)13(14,11(15)12(16)17-3)10-7-5-4-6-8-10/h4-9,11,15H,1-3H3/t11-,13-/m0/s1. The Morgan fingerprint density at radius 1 is 1.35 bits per heavy atom. The number of benzene rings is 1. The molecule has 17 heavy (non-hydrogen) atoms. The second kappa shape index (κ2) is 5.27. The molecule has 0 fully saturated rings. The summed E-state index contributed by atoms with van der Waals surface area (Å²) in [6.07, 6.45) is -1.82. The highest BCUT2D eigenvalue weighted by Crippen LogP contribution is 2.37.